The van der Waals surface area contributed by atoms with Crippen LogP contribution in [-0.2, 0) is 4.79 Å². The Balaban J connectivity index is 3.51. The van der Waals surface area contributed by atoms with Gasteiger partial charge in [-0.25, -0.2) is 0 Å². The van der Waals surface area contributed by atoms with Gasteiger partial charge in [-0.1, -0.05) is 6.92 Å². The van der Waals surface area contributed by atoms with Crippen molar-refractivity contribution >= 4 is 17.7 Å². The highest BCUT2D eigenvalue weighted by Crippen LogP contribution is 2.11. The number of amides is 1. The fourth-order valence-electron chi connectivity index (χ4n) is 1.04. The van der Waals surface area contributed by atoms with Gasteiger partial charge in [-0.15, -0.1) is 0 Å². The van der Waals surface area contributed by atoms with Gasteiger partial charge in [0.15, 0.2) is 0 Å². The summed E-state index contributed by atoms with van der Waals surface area (Å²) in [5.41, 5.74) is 0. The average molecular weight is 258 g/mol. The molecule has 0 aliphatic heterocycles. The molecular formula is C9H17F3N2OS. The normalized spacial score (nSPS) is 13.6. The van der Waals surface area contributed by atoms with Crippen molar-refractivity contribution in [3.05, 3.63) is 0 Å². The molecule has 0 heterocycles. The quantitative estimate of drug-likeness (QED) is 0.722. The Kier molecular flexibility index (Phi) is 7.57. The molecule has 0 spiro atoms. The minimum Gasteiger partial charge on any atom is -0.346 e. The van der Waals surface area contributed by atoms with Crippen LogP contribution in [-0.4, -0.2) is 43.7 Å². The summed E-state index contributed by atoms with van der Waals surface area (Å²) in [6, 6.07) is 0. The molecule has 0 saturated carbocycles. The highest BCUT2D eigenvalue weighted by Gasteiger charge is 2.27. The second-order valence-corrected chi connectivity index (χ2v) is 4.49. The fraction of sp³-hybridized carbons (Fsp3) is 0.889. The molecule has 1 unspecified atom stereocenters. The van der Waals surface area contributed by atoms with Gasteiger partial charge in [-0.05, 0) is 24.5 Å². The van der Waals surface area contributed by atoms with Gasteiger partial charge in [0.2, 0.25) is 5.91 Å². The van der Waals surface area contributed by atoms with Crippen molar-refractivity contribution in [1.82, 2.24) is 10.6 Å². The van der Waals surface area contributed by atoms with E-state index in [1.165, 1.54) is 0 Å². The number of halogens is 3. The second kappa shape index (κ2) is 7.78. The van der Waals surface area contributed by atoms with Crippen molar-refractivity contribution < 1.29 is 18.0 Å². The van der Waals surface area contributed by atoms with E-state index in [0.29, 0.717) is 12.5 Å². The fourth-order valence-corrected chi connectivity index (χ4v) is 1.72. The molecule has 0 rings (SSSR count). The molecule has 0 saturated heterocycles. The van der Waals surface area contributed by atoms with E-state index in [2.05, 4.69) is 5.32 Å². The van der Waals surface area contributed by atoms with Crippen LogP contribution in [0.4, 0.5) is 13.2 Å². The molecule has 0 radical (unpaired) electrons. The van der Waals surface area contributed by atoms with Crippen LogP contribution < -0.4 is 10.6 Å². The maximum Gasteiger partial charge on any atom is 0.405 e. The smallest absolute Gasteiger partial charge is 0.346 e. The van der Waals surface area contributed by atoms with Crippen molar-refractivity contribution in [3.8, 4) is 0 Å². The average Bonchev–Trinajstić information content (AvgIpc) is 2.14. The summed E-state index contributed by atoms with van der Waals surface area (Å²) in [6.45, 7) is 1.29. The van der Waals surface area contributed by atoms with E-state index in [1.54, 1.807) is 17.1 Å². The molecule has 2 N–H and O–H groups in total. The number of hydrogen-bond donors (Lipinski definition) is 2. The number of nitrogens with one attached hydrogen (secondary N) is 2. The van der Waals surface area contributed by atoms with E-state index >= 15 is 0 Å². The van der Waals surface area contributed by atoms with Gasteiger partial charge in [0.05, 0.1) is 6.54 Å². The maximum atomic E-state index is 11.7. The van der Waals surface area contributed by atoms with Gasteiger partial charge in [0.1, 0.15) is 6.54 Å². The zero-order chi connectivity index (χ0) is 12.6. The van der Waals surface area contributed by atoms with Crippen LogP contribution in [0.5, 0.6) is 0 Å². The summed E-state index contributed by atoms with van der Waals surface area (Å²) in [6.07, 6.45) is -2.37. The van der Waals surface area contributed by atoms with Crippen molar-refractivity contribution in [2.45, 2.75) is 13.1 Å². The van der Waals surface area contributed by atoms with E-state index in [-0.39, 0.29) is 6.54 Å². The van der Waals surface area contributed by atoms with E-state index in [0.717, 1.165) is 5.75 Å². The van der Waals surface area contributed by atoms with Crippen molar-refractivity contribution in [2.24, 2.45) is 5.92 Å². The molecule has 0 aromatic carbocycles. The molecule has 1 atom stereocenters. The molecule has 0 aromatic heterocycles. The maximum absolute atomic E-state index is 11.7. The Bertz CT molecular complexity index is 211. The largest absolute Gasteiger partial charge is 0.405 e. The first-order valence-electron chi connectivity index (χ1n) is 4.88. The number of rotatable bonds is 7. The molecule has 0 bridgehead atoms. The Hall–Kier alpha value is -0.430. The van der Waals surface area contributed by atoms with E-state index in [9.17, 15) is 18.0 Å². The lowest BCUT2D eigenvalue weighted by molar-refractivity contribution is -0.137. The van der Waals surface area contributed by atoms with Crippen LogP contribution in [0.2, 0.25) is 0 Å². The first kappa shape index (κ1) is 15.6. The number of hydrogen-bond acceptors (Lipinski definition) is 3. The summed E-state index contributed by atoms with van der Waals surface area (Å²) in [5.74, 6) is 0.719. The highest BCUT2D eigenvalue weighted by atomic mass is 32.2. The van der Waals surface area contributed by atoms with Gasteiger partial charge in [-0.2, -0.15) is 24.9 Å². The standard InChI is InChI=1S/C9H17F3N2OS/c1-7(5-16-2)3-13-4-8(15)14-6-9(10,11)12/h7,13H,3-6H2,1-2H3,(H,14,15). The first-order chi connectivity index (χ1) is 7.35. The van der Waals surface area contributed by atoms with Crippen LogP contribution in [0.15, 0.2) is 0 Å². The Morgan fingerprint density at radius 3 is 2.56 bits per heavy atom. The zero-order valence-electron chi connectivity index (χ0n) is 9.36. The third-order valence-corrected chi connectivity index (χ3v) is 2.62. The summed E-state index contributed by atoms with van der Waals surface area (Å²) in [4.78, 5) is 11.0. The number of alkyl halides is 3. The molecule has 16 heavy (non-hydrogen) atoms. The first-order valence-corrected chi connectivity index (χ1v) is 6.27. The lowest BCUT2D eigenvalue weighted by Crippen LogP contribution is -2.40. The predicted octanol–water partition coefficient (Wildman–Crippen LogP) is 1.25. The summed E-state index contributed by atoms with van der Waals surface area (Å²) < 4.78 is 35.2. The third kappa shape index (κ3) is 10.1. The summed E-state index contributed by atoms with van der Waals surface area (Å²) >= 11 is 1.69. The zero-order valence-corrected chi connectivity index (χ0v) is 10.2. The monoisotopic (exact) mass is 258 g/mol. The van der Waals surface area contributed by atoms with Crippen LogP contribution in [0.1, 0.15) is 6.92 Å². The lowest BCUT2D eigenvalue weighted by Gasteiger charge is -2.12. The minimum absolute atomic E-state index is 0.0746. The summed E-state index contributed by atoms with van der Waals surface area (Å²) in [7, 11) is 0. The molecule has 0 aromatic rings. The highest BCUT2D eigenvalue weighted by molar-refractivity contribution is 7.98. The van der Waals surface area contributed by atoms with Crippen LogP contribution >= 0.6 is 11.8 Å². The van der Waals surface area contributed by atoms with Crippen LogP contribution in [0.25, 0.3) is 0 Å². The molecule has 0 aliphatic carbocycles. The third-order valence-electron chi connectivity index (χ3n) is 1.72. The van der Waals surface area contributed by atoms with Gasteiger partial charge in [0, 0.05) is 0 Å². The van der Waals surface area contributed by atoms with Crippen LogP contribution in [0.3, 0.4) is 0 Å². The van der Waals surface area contributed by atoms with Crippen LogP contribution in [0, 0.1) is 5.92 Å². The van der Waals surface area contributed by atoms with Gasteiger partial charge in [-0.3, -0.25) is 4.79 Å². The van der Waals surface area contributed by atoms with E-state index < -0.39 is 18.6 Å². The topological polar surface area (TPSA) is 41.1 Å². The molecular weight excluding hydrogens is 241 g/mol. The minimum atomic E-state index is -4.35. The summed E-state index contributed by atoms with van der Waals surface area (Å²) in [5, 5.41) is 4.61. The van der Waals surface area contributed by atoms with Crippen molar-refractivity contribution in [3.63, 3.8) is 0 Å². The van der Waals surface area contributed by atoms with Gasteiger partial charge < -0.3 is 10.6 Å². The van der Waals surface area contributed by atoms with Gasteiger partial charge in [0.25, 0.3) is 0 Å². The second-order valence-electron chi connectivity index (χ2n) is 3.58. The Morgan fingerprint density at radius 1 is 1.44 bits per heavy atom. The number of carbonyl (C=O) groups is 1. The molecule has 0 aliphatic rings. The predicted molar refractivity (Wildman–Crippen MR) is 59.5 cm³/mol. The molecule has 7 heteroatoms. The Labute approximate surface area is 97.5 Å². The molecule has 1 amide bonds. The van der Waals surface area contributed by atoms with Gasteiger partial charge >= 0.3 is 6.18 Å². The van der Waals surface area contributed by atoms with E-state index in [4.69, 9.17) is 0 Å². The molecule has 0 fully saturated rings. The van der Waals surface area contributed by atoms with Crippen molar-refractivity contribution in [1.29, 1.82) is 0 Å². The number of carbonyl (C=O) groups excluding carboxylic acids is 1. The molecule has 3 nitrogen and oxygen atoms in total. The SMILES string of the molecule is CSCC(C)CNCC(=O)NCC(F)(F)F. The van der Waals surface area contributed by atoms with E-state index in [1.807, 2.05) is 13.2 Å². The van der Waals surface area contributed by atoms with Crippen molar-refractivity contribution in [2.75, 3.05) is 31.6 Å². The Morgan fingerprint density at radius 2 is 2.06 bits per heavy atom. The lowest BCUT2D eigenvalue weighted by atomic mass is 10.2. The number of thioether (sulfide) groups is 1. The molecule has 96 valence electrons.